The van der Waals surface area contributed by atoms with Crippen LogP contribution in [0.4, 0.5) is 0 Å². The van der Waals surface area contributed by atoms with Gasteiger partial charge in [0.15, 0.2) is 0 Å². The molecule has 6 nitrogen and oxygen atoms in total. The summed E-state index contributed by atoms with van der Waals surface area (Å²) >= 11 is 18.5. The third-order valence-corrected chi connectivity index (χ3v) is 9.10. The number of hydrogen-bond donors (Lipinski definition) is 0. The lowest BCUT2D eigenvalue weighted by atomic mass is 9.77. The van der Waals surface area contributed by atoms with Gasteiger partial charge in [-0.1, -0.05) is 53.0 Å². The molecule has 2 aromatic rings. The van der Waals surface area contributed by atoms with Crippen LogP contribution in [0.15, 0.2) is 42.5 Å². The summed E-state index contributed by atoms with van der Waals surface area (Å²) in [5.41, 5.74) is 0.919. The quantitative estimate of drug-likeness (QED) is 0.460. The van der Waals surface area contributed by atoms with Gasteiger partial charge in [0.1, 0.15) is 0 Å². The minimum atomic E-state index is -3.24. The number of nitrogens with zero attached hydrogens (tertiary/aromatic N) is 3. The van der Waals surface area contributed by atoms with Gasteiger partial charge in [-0.25, -0.2) is 8.42 Å². The average molecular weight is 561 g/mol. The lowest BCUT2D eigenvalue weighted by molar-refractivity contribution is -0.136. The number of hydrogen-bond acceptors (Lipinski definition) is 4. The maximum absolute atomic E-state index is 13.9. The standard InChI is InChI=1S/C25H32Cl3N3O3S/c1-18-16-30(13-14-31(18)35(4,33)34)12-11-25(2,20-7-10-22(27)23(28)15-20)24(32)29(3)17-19-5-8-21(26)9-6-19/h5-10,15,18H,11-14,16-17H2,1-4H3/t18-,25?/m0/s1. The SMILES string of the molecule is C[C@H]1CN(CCC(C)(C(=O)N(C)Cc2ccc(Cl)cc2)c2ccc(Cl)c(Cl)c2)CCN1S(C)(=O)=O. The molecule has 35 heavy (non-hydrogen) atoms. The summed E-state index contributed by atoms with van der Waals surface area (Å²) in [5, 5.41) is 1.48. The van der Waals surface area contributed by atoms with E-state index in [1.165, 1.54) is 10.6 Å². The molecule has 0 bridgehead atoms. The topological polar surface area (TPSA) is 60.9 Å². The number of amides is 1. The van der Waals surface area contributed by atoms with Crippen LogP contribution in [-0.2, 0) is 26.8 Å². The molecule has 3 rings (SSSR count). The number of carbonyl (C=O) groups excluding carboxylic acids is 1. The molecule has 10 heteroatoms. The molecule has 2 atom stereocenters. The van der Waals surface area contributed by atoms with Crippen LogP contribution in [-0.4, -0.2) is 74.0 Å². The number of rotatable bonds is 8. The second kappa shape index (κ2) is 11.4. The highest BCUT2D eigenvalue weighted by Crippen LogP contribution is 2.35. The van der Waals surface area contributed by atoms with Crippen LogP contribution in [0.5, 0.6) is 0 Å². The van der Waals surface area contributed by atoms with Crippen LogP contribution in [0, 0.1) is 0 Å². The van der Waals surface area contributed by atoms with E-state index >= 15 is 0 Å². The molecule has 1 heterocycles. The monoisotopic (exact) mass is 559 g/mol. The van der Waals surface area contributed by atoms with Crippen molar-refractivity contribution in [1.29, 1.82) is 0 Å². The van der Waals surface area contributed by atoms with Crippen molar-refractivity contribution in [3.8, 4) is 0 Å². The van der Waals surface area contributed by atoms with E-state index in [4.69, 9.17) is 34.8 Å². The molecule has 1 aliphatic rings. The van der Waals surface area contributed by atoms with Gasteiger partial charge in [-0.3, -0.25) is 4.79 Å². The number of benzene rings is 2. The van der Waals surface area contributed by atoms with Gasteiger partial charge < -0.3 is 9.80 Å². The molecule has 0 radical (unpaired) electrons. The molecule has 0 saturated carbocycles. The van der Waals surface area contributed by atoms with Crippen molar-refractivity contribution >= 4 is 50.7 Å². The third kappa shape index (κ3) is 6.90. The molecule has 192 valence electrons. The smallest absolute Gasteiger partial charge is 0.233 e. The second-order valence-electron chi connectivity index (χ2n) is 9.52. The van der Waals surface area contributed by atoms with E-state index in [0.29, 0.717) is 54.2 Å². The number of halogens is 3. The van der Waals surface area contributed by atoms with Crippen molar-refractivity contribution in [3.05, 3.63) is 68.7 Å². The van der Waals surface area contributed by atoms with E-state index in [1.54, 1.807) is 24.1 Å². The maximum Gasteiger partial charge on any atom is 0.233 e. The molecule has 1 aliphatic heterocycles. The Morgan fingerprint density at radius 3 is 2.31 bits per heavy atom. The molecule has 0 aromatic heterocycles. The Kier molecular flexibility index (Phi) is 9.16. The second-order valence-corrected chi connectivity index (χ2v) is 12.7. The van der Waals surface area contributed by atoms with E-state index in [1.807, 2.05) is 44.2 Å². The molecular formula is C25H32Cl3N3O3S. The Bertz CT molecular complexity index is 1160. The van der Waals surface area contributed by atoms with Crippen LogP contribution < -0.4 is 0 Å². The van der Waals surface area contributed by atoms with Crippen LogP contribution >= 0.6 is 34.8 Å². The largest absolute Gasteiger partial charge is 0.341 e. The minimum absolute atomic E-state index is 0.0336. The summed E-state index contributed by atoms with van der Waals surface area (Å²) in [4.78, 5) is 17.8. The number of carbonyl (C=O) groups is 1. The van der Waals surface area contributed by atoms with Crippen LogP contribution in [0.1, 0.15) is 31.4 Å². The Labute approximate surface area is 223 Å². The summed E-state index contributed by atoms with van der Waals surface area (Å²) in [7, 11) is -1.45. The van der Waals surface area contributed by atoms with Crippen molar-refractivity contribution < 1.29 is 13.2 Å². The van der Waals surface area contributed by atoms with E-state index < -0.39 is 15.4 Å². The fourth-order valence-corrected chi connectivity index (χ4v) is 6.22. The summed E-state index contributed by atoms with van der Waals surface area (Å²) < 4.78 is 25.6. The Morgan fingerprint density at radius 1 is 1.09 bits per heavy atom. The number of piperazine rings is 1. The number of sulfonamides is 1. The van der Waals surface area contributed by atoms with Gasteiger partial charge in [0.2, 0.25) is 15.9 Å². The number of likely N-dealkylation sites (N-methyl/N-ethyl adjacent to an activating group) is 1. The van der Waals surface area contributed by atoms with E-state index in [9.17, 15) is 13.2 Å². The van der Waals surface area contributed by atoms with Gasteiger partial charge in [0.25, 0.3) is 0 Å². The van der Waals surface area contributed by atoms with E-state index in [2.05, 4.69) is 4.90 Å². The molecule has 1 fully saturated rings. The van der Waals surface area contributed by atoms with E-state index in [0.717, 1.165) is 11.1 Å². The lowest BCUT2D eigenvalue weighted by Gasteiger charge is -2.40. The first-order valence-corrected chi connectivity index (χ1v) is 14.4. The van der Waals surface area contributed by atoms with Gasteiger partial charge in [-0.05, 0) is 62.2 Å². The third-order valence-electron chi connectivity index (χ3n) is 6.71. The van der Waals surface area contributed by atoms with Crippen molar-refractivity contribution in [1.82, 2.24) is 14.1 Å². The Morgan fingerprint density at radius 2 is 1.74 bits per heavy atom. The van der Waals surface area contributed by atoms with Gasteiger partial charge in [-0.15, -0.1) is 0 Å². The molecule has 0 N–H and O–H groups in total. The summed E-state index contributed by atoms with van der Waals surface area (Å²) in [6.45, 7) is 6.59. The first-order valence-electron chi connectivity index (χ1n) is 11.5. The Balaban J connectivity index is 1.81. The summed E-state index contributed by atoms with van der Waals surface area (Å²) in [5.74, 6) is -0.0336. The highest BCUT2D eigenvalue weighted by atomic mass is 35.5. The fraction of sp³-hybridized carbons (Fsp3) is 0.480. The molecule has 1 unspecified atom stereocenters. The van der Waals surface area contributed by atoms with Crippen molar-refractivity contribution in [3.63, 3.8) is 0 Å². The predicted molar refractivity (Wildman–Crippen MR) is 144 cm³/mol. The van der Waals surface area contributed by atoms with Crippen LogP contribution in [0.25, 0.3) is 0 Å². The van der Waals surface area contributed by atoms with Crippen molar-refractivity contribution in [2.75, 3.05) is 39.5 Å². The summed E-state index contributed by atoms with van der Waals surface area (Å²) in [6, 6.07) is 12.6. The van der Waals surface area contributed by atoms with Crippen molar-refractivity contribution in [2.45, 2.75) is 38.3 Å². The Hall–Kier alpha value is -1.35. The average Bonchev–Trinajstić information content (AvgIpc) is 2.79. The molecule has 0 aliphatic carbocycles. The zero-order valence-corrected chi connectivity index (χ0v) is 23.6. The molecule has 1 saturated heterocycles. The minimum Gasteiger partial charge on any atom is -0.341 e. The molecule has 2 aromatic carbocycles. The molecule has 0 spiro atoms. The zero-order chi connectivity index (χ0) is 26.0. The normalized spacial score (nSPS) is 19.3. The first-order chi connectivity index (χ1) is 16.3. The first kappa shape index (κ1) is 28.2. The van der Waals surface area contributed by atoms with E-state index in [-0.39, 0.29) is 11.9 Å². The fourth-order valence-electron chi connectivity index (χ4n) is 4.66. The van der Waals surface area contributed by atoms with Crippen molar-refractivity contribution in [2.24, 2.45) is 0 Å². The predicted octanol–water partition coefficient (Wildman–Crippen LogP) is 4.92. The molecule has 1 amide bonds. The van der Waals surface area contributed by atoms with Gasteiger partial charge in [-0.2, -0.15) is 4.31 Å². The van der Waals surface area contributed by atoms with Crippen LogP contribution in [0.3, 0.4) is 0 Å². The summed E-state index contributed by atoms with van der Waals surface area (Å²) in [6.07, 6.45) is 1.79. The molecular weight excluding hydrogens is 529 g/mol. The lowest BCUT2D eigenvalue weighted by Crippen LogP contribution is -2.54. The highest BCUT2D eigenvalue weighted by molar-refractivity contribution is 7.88. The maximum atomic E-state index is 13.9. The highest BCUT2D eigenvalue weighted by Gasteiger charge is 2.39. The van der Waals surface area contributed by atoms with Gasteiger partial charge in [0, 0.05) is 44.3 Å². The zero-order valence-electron chi connectivity index (χ0n) is 20.5. The van der Waals surface area contributed by atoms with Gasteiger partial charge >= 0.3 is 0 Å². The van der Waals surface area contributed by atoms with Gasteiger partial charge in [0.05, 0.1) is 21.7 Å². The van der Waals surface area contributed by atoms with Crippen LogP contribution in [0.2, 0.25) is 15.1 Å².